The van der Waals surface area contributed by atoms with Gasteiger partial charge in [0.2, 0.25) is 5.91 Å². The van der Waals surface area contributed by atoms with Crippen LogP contribution in [0.2, 0.25) is 0 Å². The van der Waals surface area contributed by atoms with Gasteiger partial charge in [-0.05, 0) is 37.1 Å². The van der Waals surface area contributed by atoms with Crippen LogP contribution in [-0.4, -0.2) is 23.6 Å². The molecule has 1 aromatic rings. The number of carbonyl (C=O) groups excluding carboxylic acids is 1. The first-order valence-electron chi connectivity index (χ1n) is 6.75. The Bertz CT molecular complexity index is 562. The minimum absolute atomic E-state index is 0.0337. The molecule has 0 aliphatic heterocycles. The fourth-order valence-electron chi connectivity index (χ4n) is 2.55. The van der Waals surface area contributed by atoms with E-state index < -0.39 is 17.8 Å². The maximum Gasteiger partial charge on any atom is 0.307 e. The Morgan fingerprint density at radius 2 is 1.95 bits per heavy atom. The lowest BCUT2D eigenvalue weighted by Gasteiger charge is -2.15. The number of carboxylic acid groups (broad SMARTS) is 1. The minimum atomic E-state index is -0.909. The fourth-order valence-corrected chi connectivity index (χ4v) is 2.55. The molecule has 0 unspecified atom stereocenters. The van der Waals surface area contributed by atoms with Crippen molar-refractivity contribution in [2.75, 3.05) is 11.9 Å². The Kier molecular flexibility index (Phi) is 4.77. The van der Waals surface area contributed by atoms with Gasteiger partial charge in [-0.15, -0.1) is 0 Å². The summed E-state index contributed by atoms with van der Waals surface area (Å²) < 4.78 is 5.11. The SMILES string of the molecule is N#CCOc1ccc(NC(=O)[C@@H]2CCC[C@@H]2C(=O)O)cc1. The first-order chi connectivity index (χ1) is 10.1. The molecular weight excluding hydrogens is 272 g/mol. The molecule has 2 atom stereocenters. The lowest BCUT2D eigenvalue weighted by Crippen LogP contribution is -2.29. The van der Waals surface area contributed by atoms with E-state index in [0.29, 0.717) is 24.3 Å². The van der Waals surface area contributed by atoms with Gasteiger partial charge in [-0.1, -0.05) is 6.42 Å². The average molecular weight is 288 g/mol. The number of carboxylic acids is 1. The molecule has 21 heavy (non-hydrogen) atoms. The Morgan fingerprint density at radius 3 is 2.57 bits per heavy atom. The van der Waals surface area contributed by atoms with Crippen LogP contribution in [0.4, 0.5) is 5.69 Å². The highest BCUT2D eigenvalue weighted by Crippen LogP contribution is 2.33. The van der Waals surface area contributed by atoms with E-state index in [1.54, 1.807) is 24.3 Å². The van der Waals surface area contributed by atoms with E-state index in [0.717, 1.165) is 6.42 Å². The Labute approximate surface area is 122 Å². The topological polar surface area (TPSA) is 99.4 Å². The number of nitrogens with one attached hydrogen (secondary N) is 1. The number of rotatable bonds is 5. The Morgan fingerprint density at radius 1 is 1.29 bits per heavy atom. The van der Waals surface area contributed by atoms with Crippen LogP contribution in [0.15, 0.2) is 24.3 Å². The summed E-state index contributed by atoms with van der Waals surface area (Å²) in [6.45, 7) is -0.0337. The molecule has 2 N–H and O–H groups in total. The third-order valence-corrected chi connectivity index (χ3v) is 3.60. The molecule has 1 fully saturated rings. The third kappa shape index (κ3) is 3.72. The molecule has 1 saturated carbocycles. The van der Waals surface area contributed by atoms with Gasteiger partial charge in [0.15, 0.2) is 6.61 Å². The largest absolute Gasteiger partial charge is 0.481 e. The zero-order valence-electron chi connectivity index (χ0n) is 11.4. The molecule has 1 amide bonds. The number of nitrogens with zero attached hydrogens (tertiary/aromatic N) is 1. The van der Waals surface area contributed by atoms with Crippen molar-refractivity contribution < 1.29 is 19.4 Å². The highest BCUT2D eigenvalue weighted by molar-refractivity contribution is 5.95. The van der Waals surface area contributed by atoms with Crippen LogP contribution in [0.3, 0.4) is 0 Å². The summed E-state index contributed by atoms with van der Waals surface area (Å²) >= 11 is 0. The molecule has 0 aromatic heterocycles. The van der Waals surface area contributed by atoms with Gasteiger partial charge >= 0.3 is 5.97 Å². The van der Waals surface area contributed by atoms with E-state index >= 15 is 0 Å². The number of anilines is 1. The summed E-state index contributed by atoms with van der Waals surface area (Å²) in [5, 5.41) is 20.2. The summed E-state index contributed by atoms with van der Waals surface area (Å²) in [7, 11) is 0. The minimum Gasteiger partial charge on any atom is -0.481 e. The normalized spacial score (nSPS) is 20.5. The summed E-state index contributed by atoms with van der Waals surface area (Å²) in [5.74, 6) is -1.70. The molecule has 1 aromatic carbocycles. The number of hydrogen-bond acceptors (Lipinski definition) is 4. The Hall–Kier alpha value is -2.55. The molecule has 0 saturated heterocycles. The molecule has 110 valence electrons. The number of ether oxygens (including phenoxy) is 1. The number of amides is 1. The summed E-state index contributed by atoms with van der Waals surface area (Å²) in [4.78, 5) is 23.2. The number of aliphatic carboxylic acids is 1. The number of nitriles is 1. The van der Waals surface area contributed by atoms with E-state index in [2.05, 4.69) is 5.32 Å². The second kappa shape index (κ2) is 6.75. The monoisotopic (exact) mass is 288 g/mol. The standard InChI is InChI=1S/C15H16N2O4/c16-8-9-21-11-6-4-10(5-7-11)17-14(18)12-2-1-3-13(12)15(19)20/h4-7,12-13H,1-3,9H2,(H,17,18)(H,19,20)/t12-,13+/m1/s1. The first-order valence-corrected chi connectivity index (χ1v) is 6.75. The van der Waals surface area contributed by atoms with Crippen LogP contribution in [0.25, 0.3) is 0 Å². The van der Waals surface area contributed by atoms with Crippen molar-refractivity contribution in [2.45, 2.75) is 19.3 Å². The van der Waals surface area contributed by atoms with Crippen molar-refractivity contribution in [1.82, 2.24) is 0 Å². The smallest absolute Gasteiger partial charge is 0.307 e. The molecule has 0 bridgehead atoms. The van der Waals surface area contributed by atoms with Gasteiger partial charge in [-0.25, -0.2) is 0 Å². The van der Waals surface area contributed by atoms with Crippen LogP contribution in [-0.2, 0) is 9.59 Å². The van der Waals surface area contributed by atoms with Gasteiger partial charge in [-0.3, -0.25) is 9.59 Å². The zero-order valence-corrected chi connectivity index (χ0v) is 11.4. The van der Waals surface area contributed by atoms with Crippen LogP contribution in [0.5, 0.6) is 5.75 Å². The predicted octanol–water partition coefficient (Wildman–Crippen LogP) is 2.03. The van der Waals surface area contributed by atoms with E-state index in [-0.39, 0.29) is 12.5 Å². The first kappa shape index (κ1) is 14.9. The zero-order chi connectivity index (χ0) is 15.2. The van der Waals surface area contributed by atoms with Crippen molar-refractivity contribution >= 4 is 17.6 Å². The number of carbonyl (C=O) groups is 2. The van der Waals surface area contributed by atoms with Crippen LogP contribution in [0, 0.1) is 23.2 Å². The van der Waals surface area contributed by atoms with Gasteiger partial charge in [-0.2, -0.15) is 5.26 Å². The lowest BCUT2D eigenvalue weighted by atomic mass is 9.95. The quantitative estimate of drug-likeness (QED) is 0.863. The summed E-state index contributed by atoms with van der Waals surface area (Å²) in [5.41, 5.74) is 0.584. The van der Waals surface area contributed by atoms with Gasteiger partial charge < -0.3 is 15.2 Å². The average Bonchev–Trinajstić information content (AvgIpc) is 2.96. The van der Waals surface area contributed by atoms with Gasteiger partial charge in [0.05, 0.1) is 11.8 Å². The van der Waals surface area contributed by atoms with E-state index in [9.17, 15) is 9.59 Å². The van der Waals surface area contributed by atoms with Gasteiger partial charge in [0, 0.05) is 5.69 Å². The molecule has 6 nitrogen and oxygen atoms in total. The highest BCUT2D eigenvalue weighted by Gasteiger charge is 2.37. The highest BCUT2D eigenvalue weighted by atomic mass is 16.5. The third-order valence-electron chi connectivity index (χ3n) is 3.60. The van der Waals surface area contributed by atoms with Crippen molar-refractivity contribution in [2.24, 2.45) is 11.8 Å². The summed E-state index contributed by atoms with van der Waals surface area (Å²) in [6.07, 6.45) is 1.91. The Balaban J connectivity index is 1.96. The molecule has 0 radical (unpaired) electrons. The van der Waals surface area contributed by atoms with Crippen LogP contribution in [0.1, 0.15) is 19.3 Å². The fraction of sp³-hybridized carbons (Fsp3) is 0.400. The second-order valence-corrected chi connectivity index (χ2v) is 4.94. The predicted molar refractivity (Wildman–Crippen MR) is 74.6 cm³/mol. The van der Waals surface area contributed by atoms with Gasteiger partial charge in [0.1, 0.15) is 11.8 Å². The van der Waals surface area contributed by atoms with E-state index in [1.807, 2.05) is 6.07 Å². The molecule has 0 spiro atoms. The van der Waals surface area contributed by atoms with Crippen molar-refractivity contribution in [1.29, 1.82) is 5.26 Å². The van der Waals surface area contributed by atoms with E-state index in [4.69, 9.17) is 15.1 Å². The maximum absolute atomic E-state index is 12.1. The molecule has 0 heterocycles. The van der Waals surface area contributed by atoms with Crippen LogP contribution >= 0.6 is 0 Å². The number of benzene rings is 1. The maximum atomic E-state index is 12.1. The van der Waals surface area contributed by atoms with Crippen molar-refractivity contribution in [3.05, 3.63) is 24.3 Å². The van der Waals surface area contributed by atoms with Crippen molar-refractivity contribution in [3.63, 3.8) is 0 Å². The van der Waals surface area contributed by atoms with E-state index in [1.165, 1.54) is 0 Å². The summed E-state index contributed by atoms with van der Waals surface area (Å²) in [6, 6.07) is 8.49. The lowest BCUT2D eigenvalue weighted by molar-refractivity contribution is -0.145. The van der Waals surface area contributed by atoms with Crippen LogP contribution < -0.4 is 10.1 Å². The molecule has 2 rings (SSSR count). The molecule has 6 heteroatoms. The number of hydrogen-bond donors (Lipinski definition) is 2. The van der Waals surface area contributed by atoms with Crippen molar-refractivity contribution in [3.8, 4) is 11.8 Å². The molecular formula is C15H16N2O4. The van der Waals surface area contributed by atoms with Gasteiger partial charge in [0.25, 0.3) is 0 Å². The second-order valence-electron chi connectivity index (χ2n) is 4.94. The molecule has 1 aliphatic rings. The molecule has 1 aliphatic carbocycles.